The monoisotopic (exact) mass is 194 g/mol. The van der Waals surface area contributed by atoms with E-state index in [4.69, 9.17) is 4.74 Å². The van der Waals surface area contributed by atoms with Gasteiger partial charge in [-0.2, -0.15) is 0 Å². The fraction of sp³-hybridized carbons (Fsp3) is 0.500. The number of rotatable bonds is 4. The van der Waals surface area contributed by atoms with E-state index in [0.717, 1.165) is 24.2 Å². The molecule has 0 saturated carbocycles. The Morgan fingerprint density at radius 1 is 1.29 bits per heavy atom. The molecule has 0 aliphatic carbocycles. The molecule has 2 nitrogen and oxygen atoms in total. The molecule has 0 spiro atoms. The van der Waals surface area contributed by atoms with Crippen molar-refractivity contribution in [2.75, 3.05) is 7.11 Å². The van der Waals surface area contributed by atoms with Gasteiger partial charge in [0.2, 0.25) is 0 Å². The fourth-order valence-corrected chi connectivity index (χ4v) is 1.35. The van der Waals surface area contributed by atoms with Gasteiger partial charge < -0.3 is 9.84 Å². The second-order valence-electron chi connectivity index (χ2n) is 4.12. The molecule has 0 heterocycles. The summed E-state index contributed by atoms with van der Waals surface area (Å²) in [6, 6.07) is 7.92. The first kappa shape index (κ1) is 11.1. The molecule has 0 aliphatic heterocycles. The number of methoxy groups -OCH3 is 1. The molecule has 1 N–H and O–H groups in total. The van der Waals surface area contributed by atoms with Crippen LogP contribution in [-0.2, 0) is 6.42 Å². The smallest absolute Gasteiger partial charge is 0.122 e. The van der Waals surface area contributed by atoms with Crippen molar-refractivity contribution in [2.24, 2.45) is 0 Å². The van der Waals surface area contributed by atoms with Crippen molar-refractivity contribution in [3.63, 3.8) is 0 Å². The van der Waals surface area contributed by atoms with Crippen LogP contribution in [0.5, 0.6) is 5.75 Å². The van der Waals surface area contributed by atoms with Crippen LogP contribution in [0.1, 0.15) is 25.8 Å². The van der Waals surface area contributed by atoms with E-state index in [9.17, 15) is 5.11 Å². The minimum Gasteiger partial charge on any atom is -0.496 e. The highest BCUT2D eigenvalue weighted by atomic mass is 16.5. The first-order valence-corrected chi connectivity index (χ1v) is 4.87. The van der Waals surface area contributed by atoms with Crippen LogP contribution in [0.4, 0.5) is 0 Å². The molecule has 0 radical (unpaired) electrons. The highest BCUT2D eigenvalue weighted by Gasteiger charge is 2.13. The van der Waals surface area contributed by atoms with E-state index in [2.05, 4.69) is 0 Å². The lowest BCUT2D eigenvalue weighted by Gasteiger charge is -2.17. The van der Waals surface area contributed by atoms with Crippen molar-refractivity contribution < 1.29 is 9.84 Å². The first-order valence-electron chi connectivity index (χ1n) is 4.87. The van der Waals surface area contributed by atoms with Gasteiger partial charge in [-0.3, -0.25) is 0 Å². The van der Waals surface area contributed by atoms with E-state index >= 15 is 0 Å². The largest absolute Gasteiger partial charge is 0.496 e. The average molecular weight is 194 g/mol. The lowest BCUT2D eigenvalue weighted by molar-refractivity contribution is 0.0712. The van der Waals surface area contributed by atoms with Crippen LogP contribution < -0.4 is 4.74 Å². The lowest BCUT2D eigenvalue weighted by atomic mass is 9.98. The van der Waals surface area contributed by atoms with Gasteiger partial charge in [-0.15, -0.1) is 0 Å². The number of benzene rings is 1. The van der Waals surface area contributed by atoms with Gasteiger partial charge in [-0.05, 0) is 38.3 Å². The van der Waals surface area contributed by atoms with Gasteiger partial charge in [0.15, 0.2) is 0 Å². The van der Waals surface area contributed by atoms with Crippen LogP contribution in [0.15, 0.2) is 24.3 Å². The molecule has 1 aromatic rings. The lowest BCUT2D eigenvalue weighted by Crippen LogP contribution is -2.19. The molecule has 0 saturated heterocycles. The van der Waals surface area contributed by atoms with Crippen LogP contribution in [0, 0.1) is 0 Å². The number of hydrogen-bond acceptors (Lipinski definition) is 2. The van der Waals surface area contributed by atoms with Crippen molar-refractivity contribution in [1.29, 1.82) is 0 Å². The summed E-state index contributed by atoms with van der Waals surface area (Å²) in [4.78, 5) is 0. The van der Waals surface area contributed by atoms with E-state index in [-0.39, 0.29) is 0 Å². The maximum Gasteiger partial charge on any atom is 0.122 e. The predicted molar refractivity (Wildman–Crippen MR) is 57.6 cm³/mol. The molecule has 1 aromatic carbocycles. The number of para-hydroxylation sites is 1. The van der Waals surface area contributed by atoms with Crippen molar-refractivity contribution >= 4 is 0 Å². The zero-order chi connectivity index (χ0) is 10.6. The molecule has 78 valence electrons. The van der Waals surface area contributed by atoms with Gasteiger partial charge in [0.1, 0.15) is 5.75 Å². The first-order chi connectivity index (χ1) is 6.53. The Bertz CT molecular complexity index is 287. The van der Waals surface area contributed by atoms with Gasteiger partial charge in [-0.1, -0.05) is 18.2 Å². The molecule has 0 atom stereocenters. The summed E-state index contributed by atoms with van der Waals surface area (Å²) in [6.07, 6.45) is 1.58. The Hall–Kier alpha value is -1.02. The second-order valence-corrected chi connectivity index (χ2v) is 4.12. The molecule has 0 amide bonds. The van der Waals surface area contributed by atoms with Crippen LogP contribution in [0.25, 0.3) is 0 Å². The molecule has 0 fully saturated rings. The molecule has 0 unspecified atom stereocenters. The minimum absolute atomic E-state index is 0.610. The average Bonchev–Trinajstić information content (AvgIpc) is 2.14. The van der Waals surface area contributed by atoms with Crippen LogP contribution in [0.2, 0.25) is 0 Å². The van der Waals surface area contributed by atoms with Gasteiger partial charge in [0, 0.05) is 0 Å². The Morgan fingerprint density at radius 3 is 2.50 bits per heavy atom. The molecule has 0 aliphatic rings. The molecular formula is C12H18O2. The van der Waals surface area contributed by atoms with Crippen LogP contribution in [-0.4, -0.2) is 17.8 Å². The highest BCUT2D eigenvalue weighted by Crippen LogP contribution is 2.21. The predicted octanol–water partition coefficient (Wildman–Crippen LogP) is 2.40. The van der Waals surface area contributed by atoms with E-state index in [1.165, 1.54) is 0 Å². The summed E-state index contributed by atoms with van der Waals surface area (Å²) >= 11 is 0. The zero-order valence-corrected chi connectivity index (χ0v) is 9.08. The number of aryl methyl sites for hydroxylation is 1. The van der Waals surface area contributed by atoms with E-state index in [0.29, 0.717) is 0 Å². The quantitative estimate of drug-likeness (QED) is 0.797. The third-order valence-electron chi connectivity index (χ3n) is 2.20. The number of aliphatic hydroxyl groups is 1. The Morgan fingerprint density at radius 2 is 1.93 bits per heavy atom. The molecule has 0 bridgehead atoms. The maximum absolute atomic E-state index is 9.60. The van der Waals surface area contributed by atoms with Crippen molar-refractivity contribution in [2.45, 2.75) is 32.3 Å². The topological polar surface area (TPSA) is 29.5 Å². The van der Waals surface area contributed by atoms with Crippen LogP contribution >= 0.6 is 0 Å². The summed E-state index contributed by atoms with van der Waals surface area (Å²) in [5.74, 6) is 0.900. The molecule has 2 heteroatoms. The molecule has 1 rings (SSSR count). The summed E-state index contributed by atoms with van der Waals surface area (Å²) in [6.45, 7) is 3.64. The van der Waals surface area contributed by atoms with Gasteiger partial charge in [-0.25, -0.2) is 0 Å². The third kappa shape index (κ3) is 3.38. The van der Waals surface area contributed by atoms with E-state index < -0.39 is 5.60 Å². The van der Waals surface area contributed by atoms with Gasteiger partial charge in [0.05, 0.1) is 12.7 Å². The Labute approximate surface area is 85.5 Å². The van der Waals surface area contributed by atoms with E-state index in [1.54, 1.807) is 7.11 Å². The molecular weight excluding hydrogens is 176 g/mol. The minimum atomic E-state index is -0.610. The summed E-state index contributed by atoms with van der Waals surface area (Å²) in [7, 11) is 1.67. The zero-order valence-electron chi connectivity index (χ0n) is 9.08. The fourth-order valence-electron chi connectivity index (χ4n) is 1.35. The van der Waals surface area contributed by atoms with Crippen molar-refractivity contribution in [3.8, 4) is 5.75 Å². The molecule has 14 heavy (non-hydrogen) atoms. The van der Waals surface area contributed by atoms with Gasteiger partial charge >= 0.3 is 0 Å². The highest BCUT2D eigenvalue weighted by molar-refractivity contribution is 5.33. The third-order valence-corrected chi connectivity index (χ3v) is 2.20. The van der Waals surface area contributed by atoms with E-state index in [1.807, 2.05) is 38.1 Å². The van der Waals surface area contributed by atoms with Crippen molar-refractivity contribution in [1.82, 2.24) is 0 Å². The summed E-state index contributed by atoms with van der Waals surface area (Å²) < 4.78 is 5.23. The number of hydrogen-bond donors (Lipinski definition) is 1. The van der Waals surface area contributed by atoms with Gasteiger partial charge in [0.25, 0.3) is 0 Å². The normalized spacial score (nSPS) is 11.4. The number of ether oxygens (including phenoxy) is 1. The Kier molecular flexibility index (Phi) is 3.53. The summed E-state index contributed by atoms with van der Waals surface area (Å²) in [5, 5.41) is 9.60. The molecule has 0 aromatic heterocycles. The maximum atomic E-state index is 9.60. The second kappa shape index (κ2) is 4.47. The summed E-state index contributed by atoms with van der Waals surface area (Å²) in [5.41, 5.74) is 0.540. The SMILES string of the molecule is COc1ccccc1CCC(C)(C)O. The van der Waals surface area contributed by atoms with Crippen molar-refractivity contribution in [3.05, 3.63) is 29.8 Å². The standard InChI is InChI=1S/C12H18O2/c1-12(2,13)9-8-10-6-4-5-7-11(10)14-3/h4-7,13H,8-9H2,1-3H3. The van der Waals surface area contributed by atoms with Crippen LogP contribution in [0.3, 0.4) is 0 Å². The Balaban J connectivity index is 2.67.